The van der Waals surface area contributed by atoms with Crippen molar-refractivity contribution in [3.05, 3.63) is 102 Å². The van der Waals surface area contributed by atoms with Gasteiger partial charge in [-0.2, -0.15) is 0 Å². The third-order valence-corrected chi connectivity index (χ3v) is 14.0. The summed E-state index contributed by atoms with van der Waals surface area (Å²) < 4.78 is 0. The van der Waals surface area contributed by atoms with Crippen LogP contribution < -0.4 is 0 Å². The first-order chi connectivity index (χ1) is 24.9. The first-order valence-corrected chi connectivity index (χ1v) is 21.5. The summed E-state index contributed by atoms with van der Waals surface area (Å²) in [5.41, 5.74) is 4.83. The fourth-order valence-electron chi connectivity index (χ4n) is 6.44. The van der Waals surface area contributed by atoms with Gasteiger partial charge in [0.1, 0.15) is 5.57 Å². The summed E-state index contributed by atoms with van der Waals surface area (Å²) in [4.78, 5) is 50.7. The van der Waals surface area contributed by atoms with Crippen LogP contribution in [0.3, 0.4) is 0 Å². The predicted molar refractivity (Wildman–Crippen MR) is 233 cm³/mol. The summed E-state index contributed by atoms with van der Waals surface area (Å²) in [6.07, 6.45) is 21.1. The summed E-state index contributed by atoms with van der Waals surface area (Å²) in [5, 5.41) is 0. The van der Waals surface area contributed by atoms with E-state index in [-0.39, 0.29) is 39.8 Å². The van der Waals surface area contributed by atoms with Crippen molar-refractivity contribution in [2.24, 2.45) is 21.7 Å². The van der Waals surface area contributed by atoms with Crippen LogP contribution in [0.2, 0.25) is 0 Å². The van der Waals surface area contributed by atoms with Gasteiger partial charge in [0.25, 0.3) is 11.8 Å². The van der Waals surface area contributed by atoms with Crippen LogP contribution in [-0.4, -0.2) is 40.2 Å². The van der Waals surface area contributed by atoms with Gasteiger partial charge in [0.15, 0.2) is 0 Å². The standard InChI is InChI=1S/C47H66N2O3S2/c1-16-18-25-48-41(50)40(42(51)49(43(48)52)30(3)17-2)39-33(21-19-31-26-35(44(4,5)6)53-36(27-31)45(7,8)9)23-24-34(39)22-20-32-28-37(46(10,11)12)54-38(29-32)47(13,14)15/h19-22,26-30H,16-18,23-25H2,1-15H3/b33-21+,34-22+. The molecular formula is C47H66N2O3S2. The van der Waals surface area contributed by atoms with E-state index >= 15 is 0 Å². The van der Waals surface area contributed by atoms with E-state index in [1.54, 1.807) is 0 Å². The molecule has 0 aromatic heterocycles. The summed E-state index contributed by atoms with van der Waals surface area (Å²) in [6, 6.07) is -0.846. The summed E-state index contributed by atoms with van der Waals surface area (Å²) >= 11 is 3.72. The highest BCUT2D eigenvalue weighted by molar-refractivity contribution is 8.07. The normalized spacial score (nSPS) is 21.6. The largest absolute Gasteiger partial charge is 0.334 e. The second-order valence-electron chi connectivity index (χ2n) is 19.2. The van der Waals surface area contributed by atoms with Gasteiger partial charge in [-0.25, -0.2) is 4.79 Å². The number of rotatable bonds is 7. The fraction of sp³-hybridized carbons (Fsp3) is 0.553. The van der Waals surface area contributed by atoms with Gasteiger partial charge < -0.3 is 0 Å². The van der Waals surface area contributed by atoms with E-state index in [2.05, 4.69) is 132 Å². The lowest BCUT2D eigenvalue weighted by Crippen LogP contribution is -2.59. The molecule has 5 nitrogen and oxygen atoms in total. The molecule has 4 amide bonds. The van der Waals surface area contributed by atoms with Crippen LogP contribution in [-0.2, 0) is 9.59 Å². The molecule has 294 valence electrons. The van der Waals surface area contributed by atoms with Crippen molar-refractivity contribution in [2.75, 3.05) is 6.54 Å². The van der Waals surface area contributed by atoms with Crippen molar-refractivity contribution in [2.45, 2.75) is 142 Å². The zero-order chi connectivity index (χ0) is 40.6. The topological polar surface area (TPSA) is 57.7 Å². The molecule has 2 fully saturated rings. The average Bonchev–Trinajstić information content (AvgIpc) is 3.46. The average molecular weight is 771 g/mol. The third-order valence-electron chi connectivity index (χ3n) is 10.2. The van der Waals surface area contributed by atoms with Crippen LogP contribution in [0, 0.1) is 21.7 Å². The second kappa shape index (κ2) is 16.6. The van der Waals surface area contributed by atoms with Gasteiger partial charge in [0.2, 0.25) is 0 Å². The Kier molecular flexibility index (Phi) is 13.4. The lowest BCUT2D eigenvalue weighted by Gasteiger charge is -2.37. The molecule has 3 aliphatic heterocycles. The first kappa shape index (κ1) is 43.7. The van der Waals surface area contributed by atoms with E-state index < -0.39 is 17.8 Å². The van der Waals surface area contributed by atoms with E-state index in [1.807, 2.05) is 44.3 Å². The Morgan fingerprint density at radius 1 is 0.611 bits per heavy atom. The highest BCUT2D eigenvalue weighted by atomic mass is 32.2. The molecule has 1 unspecified atom stereocenters. The lowest BCUT2D eigenvalue weighted by atomic mass is 9.91. The van der Waals surface area contributed by atoms with Gasteiger partial charge in [0, 0.05) is 12.6 Å². The Balaban J connectivity index is 2.00. The number of imide groups is 2. The summed E-state index contributed by atoms with van der Waals surface area (Å²) in [7, 11) is 0. The molecule has 7 heteroatoms. The highest BCUT2D eigenvalue weighted by Gasteiger charge is 2.46. The molecule has 1 aliphatic carbocycles. The minimum atomic E-state index is -0.505. The number of thioether (sulfide) groups is 2. The molecule has 0 aromatic carbocycles. The van der Waals surface area contributed by atoms with E-state index in [0.717, 1.165) is 28.7 Å². The molecule has 0 N–H and O–H groups in total. The van der Waals surface area contributed by atoms with Crippen LogP contribution in [0.15, 0.2) is 102 Å². The number of amides is 4. The van der Waals surface area contributed by atoms with Gasteiger partial charge in [-0.1, -0.05) is 151 Å². The van der Waals surface area contributed by atoms with E-state index in [9.17, 15) is 14.4 Å². The Morgan fingerprint density at radius 3 is 1.33 bits per heavy atom. The van der Waals surface area contributed by atoms with Crippen molar-refractivity contribution in [1.29, 1.82) is 0 Å². The summed E-state index contributed by atoms with van der Waals surface area (Å²) in [5.74, 6) is -0.969. The molecule has 54 heavy (non-hydrogen) atoms. The molecule has 4 rings (SSSR count). The fourth-order valence-corrected chi connectivity index (χ4v) is 8.92. The van der Waals surface area contributed by atoms with Crippen LogP contribution in [0.1, 0.15) is 136 Å². The third kappa shape index (κ3) is 10.0. The maximum atomic E-state index is 14.5. The number of hydrogen-bond acceptors (Lipinski definition) is 5. The van der Waals surface area contributed by atoms with Crippen molar-refractivity contribution in [1.82, 2.24) is 9.80 Å². The second-order valence-corrected chi connectivity index (χ2v) is 21.4. The van der Waals surface area contributed by atoms with Gasteiger partial charge >= 0.3 is 6.03 Å². The molecule has 0 spiro atoms. The minimum Gasteiger partial charge on any atom is -0.268 e. The minimum absolute atomic E-state index is 0.0133. The molecule has 1 atom stereocenters. The Labute approximate surface area is 336 Å². The zero-order valence-electron chi connectivity index (χ0n) is 35.9. The summed E-state index contributed by atoms with van der Waals surface area (Å²) in [6.45, 7) is 33.2. The van der Waals surface area contributed by atoms with Crippen molar-refractivity contribution in [3.8, 4) is 0 Å². The highest BCUT2D eigenvalue weighted by Crippen LogP contribution is 2.50. The van der Waals surface area contributed by atoms with Crippen LogP contribution in [0.4, 0.5) is 4.79 Å². The van der Waals surface area contributed by atoms with E-state index in [4.69, 9.17) is 0 Å². The number of allylic oxidation sites excluding steroid dienone is 17. The number of carbonyl (C=O) groups excluding carboxylic acids is 3. The van der Waals surface area contributed by atoms with Crippen LogP contribution >= 0.6 is 23.5 Å². The molecule has 0 radical (unpaired) electrons. The van der Waals surface area contributed by atoms with Crippen LogP contribution in [0.25, 0.3) is 0 Å². The quantitative estimate of drug-likeness (QED) is 0.191. The predicted octanol–water partition coefficient (Wildman–Crippen LogP) is 13.4. The molecule has 0 aromatic rings. The number of urea groups is 1. The first-order valence-electron chi connectivity index (χ1n) is 19.9. The van der Waals surface area contributed by atoms with Gasteiger partial charge in [-0.05, 0) is 126 Å². The Bertz CT molecular complexity index is 1670. The maximum absolute atomic E-state index is 14.5. The van der Waals surface area contributed by atoms with E-state index in [1.165, 1.54) is 29.4 Å². The van der Waals surface area contributed by atoms with Gasteiger partial charge in [-0.3, -0.25) is 19.4 Å². The SMILES string of the molecule is CCCCN1C(=O)C(=C2/C(=C/C=C3C=C(C(C)(C)C)SC(C(C)(C)C)=C3)CC/C2=C\C=C2C=C(C(C)(C)C)SC(C(C)(C)C)=C2)C(=O)N(C(C)CC)C1=O. The van der Waals surface area contributed by atoms with Crippen molar-refractivity contribution >= 4 is 41.4 Å². The van der Waals surface area contributed by atoms with E-state index in [0.29, 0.717) is 31.3 Å². The number of barbiturate groups is 1. The van der Waals surface area contributed by atoms with Crippen molar-refractivity contribution < 1.29 is 14.4 Å². The van der Waals surface area contributed by atoms with Crippen molar-refractivity contribution in [3.63, 3.8) is 0 Å². The Morgan fingerprint density at radius 2 is 1.00 bits per heavy atom. The molecule has 4 aliphatic rings. The molecule has 1 saturated heterocycles. The maximum Gasteiger partial charge on any atom is 0.334 e. The lowest BCUT2D eigenvalue weighted by molar-refractivity contribution is -0.137. The van der Waals surface area contributed by atoms with Crippen LogP contribution in [0.5, 0.6) is 0 Å². The molecule has 3 heterocycles. The Hall–Kier alpha value is -3.03. The smallest absolute Gasteiger partial charge is 0.268 e. The van der Waals surface area contributed by atoms with Gasteiger partial charge in [0.05, 0.1) is 0 Å². The molecule has 1 saturated carbocycles. The number of unbranched alkanes of at least 4 members (excludes halogenated alkanes) is 1. The number of carbonyl (C=O) groups is 3. The zero-order valence-corrected chi connectivity index (χ0v) is 37.5. The molecular weight excluding hydrogens is 705 g/mol. The number of hydrogen-bond donors (Lipinski definition) is 0. The van der Waals surface area contributed by atoms with Gasteiger partial charge in [-0.15, -0.1) is 0 Å². The molecule has 0 bridgehead atoms. The number of nitrogens with zero attached hydrogens (tertiary/aromatic N) is 2. The monoisotopic (exact) mass is 770 g/mol.